The second kappa shape index (κ2) is 13.6. The first kappa shape index (κ1) is 27.9. The van der Waals surface area contributed by atoms with E-state index in [1.54, 1.807) is 17.0 Å². The lowest BCUT2D eigenvalue weighted by atomic mass is 10.0. The van der Waals surface area contributed by atoms with Crippen LogP contribution in [0, 0.1) is 17.0 Å². The Bertz CT molecular complexity index is 1180. The number of carbonyl (C=O) groups excluding carboxylic acids is 2. The van der Waals surface area contributed by atoms with E-state index >= 15 is 0 Å². The second-order valence-electron chi connectivity index (χ2n) is 9.29. The Hall–Kier alpha value is -3.65. The summed E-state index contributed by atoms with van der Waals surface area (Å²) >= 11 is 1.43. The molecule has 194 valence electrons. The molecule has 0 bridgehead atoms. The van der Waals surface area contributed by atoms with Gasteiger partial charge in [0.1, 0.15) is 6.04 Å². The van der Waals surface area contributed by atoms with Gasteiger partial charge in [-0.05, 0) is 37.5 Å². The Balaban J connectivity index is 1.81. The summed E-state index contributed by atoms with van der Waals surface area (Å²) in [4.78, 5) is 39.1. The minimum atomic E-state index is -0.668. The zero-order valence-corrected chi connectivity index (χ0v) is 22.2. The monoisotopic (exact) mass is 519 g/mol. The van der Waals surface area contributed by atoms with Crippen LogP contribution in [0.5, 0.6) is 0 Å². The average Bonchev–Trinajstić information content (AvgIpc) is 2.87. The average molecular weight is 520 g/mol. The third-order valence-corrected chi connectivity index (χ3v) is 6.81. The van der Waals surface area contributed by atoms with E-state index in [1.165, 1.54) is 23.9 Å². The fraction of sp³-hybridized carbons (Fsp3) is 0.310. The van der Waals surface area contributed by atoms with E-state index in [4.69, 9.17) is 0 Å². The van der Waals surface area contributed by atoms with Gasteiger partial charge in [0.25, 0.3) is 5.69 Å². The Kier molecular flexibility index (Phi) is 10.3. The summed E-state index contributed by atoms with van der Waals surface area (Å²) in [6.07, 6.45) is 0.407. The minimum Gasteiger partial charge on any atom is -0.352 e. The SMILES string of the molecule is Cc1ccc(CN(C(=O)CSCc2ccc([N+](=O)[O-])cc2)[C@H](Cc2ccccc2)C(=O)NC(C)C)cc1. The van der Waals surface area contributed by atoms with Crippen LogP contribution in [-0.4, -0.2) is 39.5 Å². The lowest BCUT2D eigenvalue weighted by molar-refractivity contribution is -0.384. The van der Waals surface area contributed by atoms with Crippen LogP contribution < -0.4 is 5.32 Å². The number of nitrogens with one attached hydrogen (secondary N) is 1. The molecule has 0 aromatic heterocycles. The standard InChI is InChI=1S/C29H33N3O4S/c1-21(2)30-29(34)27(17-23-7-5-4-6-8-23)31(18-24-11-9-22(3)10-12-24)28(33)20-37-19-25-13-15-26(16-14-25)32(35)36/h4-16,21,27H,17-20H2,1-3H3,(H,30,34)/t27-/m1/s1. The molecule has 1 N–H and O–H groups in total. The van der Waals surface area contributed by atoms with E-state index < -0.39 is 11.0 Å². The van der Waals surface area contributed by atoms with Gasteiger partial charge in [-0.1, -0.05) is 72.3 Å². The molecule has 8 heteroatoms. The highest BCUT2D eigenvalue weighted by molar-refractivity contribution is 7.99. The molecule has 7 nitrogen and oxygen atoms in total. The lowest BCUT2D eigenvalue weighted by Crippen LogP contribution is -2.52. The fourth-order valence-corrected chi connectivity index (χ4v) is 4.75. The molecule has 3 rings (SSSR count). The Morgan fingerprint density at radius 2 is 1.54 bits per heavy atom. The summed E-state index contributed by atoms with van der Waals surface area (Å²) in [6, 6.07) is 23.3. The normalized spacial score (nSPS) is 11.7. The van der Waals surface area contributed by atoms with Gasteiger partial charge in [-0.3, -0.25) is 19.7 Å². The second-order valence-corrected chi connectivity index (χ2v) is 10.3. The highest BCUT2D eigenvalue weighted by Gasteiger charge is 2.30. The highest BCUT2D eigenvalue weighted by Crippen LogP contribution is 2.20. The van der Waals surface area contributed by atoms with Gasteiger partial charge in [0.05, 0.1) is 10.7 Å². The number of nitro benzene ring substituents is 1. The predicted molar refractivity (Wildman–Crippen MR) is 148 cm³/mol. The molecule has 0 radical (unpaired) electrons. The van der Waals surface area contributed by atoms with Gasteiger partial charge in [0, 0.05) is 36.9 Å². The molecular weight excluding hydrogens is 486 g/mol. The number of nitrogens with zero attached hydrogens (tertiary/aromatic N) is 2. The summed E-state index contributed by atoms with van der Waals surface area (Å²) in [5.74, 6) is 0.402. The number of non-ortho nitro benzene ring substituents is 1. The van der Waals surface area contributed by atoms with Gasteiger partial charge >= 0.3 is 0 Å². The van der Waals surface area contributed by atoms with Gasteiger partial charge in [-0.2, -0.15) is 0 Å². The molecule has 0 aliphatic heterocycles. The van der Waals surface area contributed by atoms with Crippen molar-refractivity contribution < 1.29 is 14.5 Å². The number of benzene rings is 3. The van der Waals surface area contributed by atoms with Crippen LogP contribution in [-0.2, 0) is 28.3 Å². The zero-order chi connectivity index (χ0) is 26.8. The molecule has 2 amide bonds. The van der Waals surface area contributed by atoms with Crippen molar-refractivity contribution in [3.05, 3.63) is 111 Å². The van der Waals surface area contributed by atoms with Gasteiger partial charge < -0.3 is 10.2 Å². The molecule has 3 aromatic carbocycles. The molecule has 0 unspecified atom stereocenters. The van der Waals surface area contributed by atoms with Crippen LogP contribution in [0.15, 0.2) is 78.9 Å². The number of hydrogen-bond donors (Lipinski definition) is 1. The zero-order valence-electron chi connectivity index (χ0n) is 21.4. The number of aryl methyl sites for hydroxylation is 1. The van der Waals surface area contributed by atoms with Crippen LogP contribution in [0.2, 0.25) is 0 Å². The van der Waals surface area contributed by atoms with Gasteiger partial charge in [-0.15, -0.1) is 11.8 Å². The van der Waals surface area contributed by atoms with E-state index in [9.17, 15) is 19.7 Å². The van der Waals surface area contributed by atoms with Gasteiger partial charge in [-0.25, -0.2) is 0 Å². The van der Waals surface area contributed by atoms with E-state index in [-0.39, 0.29) is 29.3 Å². The molecular formula is C29H33N3O4S. The Morgan fingerprint density at radius 1 is 0.919 bits per heavy atom. The first-order valence-corrected chi connectivity index (χ1v) is 13.4. The Morgan fingerprint density at radius 3 is 2.14 bits per heavy atom. The maximum atomic E-state index is 13.6. The van der Waals surface area contributed by atoms with Gasteiger partial charge in [0.2, 0.25) is 11.8 Å². The van der Waals surface area contributed by atoms with Crippen molar-refractivity contribution in [2.24, 2.45) is 0 Å². The quantitative estimate of drug-likeness (QED) is 0.259. The predicted octanol–water partition coefficient (Wildman–Crippen LogP) is 5.30. The Labute approximate surface area is 222 Å². The van der Waals surface area contributed by atoms with Crippen LogP contribution in [0.1, 0.15) is 36.1 Å². The summed E-state index contributed by atoms with van der Waals surface area (Å²) in [7, 11) is 0. The summed E-state index contributed by atoms with van der Waals surface area (Å²) in [5.41, 5.74) is 3.99. The molecule has 0 spiro atoms. The number of carbonyl (C=O) groups is 2. The lowest BCUT2D eigenvalue weighted by Gasteiger charge is -2.32. The van der Waals surface area contributed by atoms with Crippen molar-refractivity contribution in [2.45, 2.75) is 51.6 Å². The first-order valence-electron chi connectivity index (χ1n) is 12.2. The van der Waals surface area contributed by atoms with E-state index in [1.807, 2.05) is 75.4 Å². The molecule has 0 aliphatic carbocycles. The van der Waals surface area contributed by atoms with Crippen molar-refractivity contribution in [3.8, 4) is 0 Å². The number of hydrogen-bond acceptors (Lipinski definition) is 5. The van der Waals surface area contributed by atoms with Crippen molar-refractivity contribution in [2.75, 3.05) is 5.75 Å². The minimum absolute atomic E-state index is 0.0361. The van der Waals surface area contributed by atoms with E-state index in [0.717, 1.165) is 22.3 Å². The van der Waals surface area contributed by atoms with Crippen LogP contribution in [0.4, 0.5) is 5.69 Å². The highest BCUT2D eigenvalue weighted by atomic mass is 32.2. The molecule has 37 heavy (non-hydrogen) atoms. The van der Waals surface area contributed by atoms with Crippen molar-refractivity contribution in [3.63, 3.8) is 0 Å². The fourth-order valence-electron chi connectivity index (χ4n) is 3.88. The van der Waals surface area contributed by atoms with Gasteiger partial charge in [0.15, 0.2) is 0 Å². The number of amides is 2. The molecule has 0 saturated carbocycles. The van der Waals surface area contributed by atoms with Crippen LogP contribution >= 0.6 is 11.8 Å². The van der Waals surface area contributed by atoms with Crippen LogP contribution in [0.25, 0.3) is 0 Å². The third kappa shape index (κ3) is 8.75. The van der Waals surface area contributed by atoms with E-state index in [2.05, 4.69) is 5.32 Å². The molecule has 0 heterocycles. The van der Waals surface area contributed by atoms with Crippen molar-refractivity contribution in [1.82, 2.24) is 10.2 Å². The summed E-state index contributed by atoms with van der Waals surface area (Å²) in [5, 5.41) is 13.9. The maximum Gasteiger partial charge on any atom is 0.269 e. The third-order valence-electron chi connectivity index (χ3n) is 5.82. The first-order chi connectivity index (χ1) is 17.7. The topological polar surface area (TPSA) is 92.6 Å². The number of thioether (sulfide) groups is 1. The summed E-state index contributed by atoms with van der Waals surface area (Å²) in [6.45, 7) is 6.14. The largest absolute Gasteiger partial charge is 0.352 e. The van der Waals surface area contributed by atoms with Crippen LogP contribution in [0.3, 0.4) is 0 Å². The molecule has 1 atom stereocenters. The maximum absolute atomic E-state index is 13.6. The summed E-state index contributed by atoms with van der Waals surface area (Å²) < 4.78 is 0. The molecule has 0 saturated heterocycles. The van der Waals surface area contributed by atoms with Crippen molar-refractivity contribution in [1.29, 1.82) is 0 Å². The number of rotatable bonds is 12. The molecule has 3 aromatic rings. The number of nitro groups is 1. The van der Waals surface area contributed by atoms with Crippen molar-refractivity contribution >= 4 is 29.3 Å². The smallest absolute Gasteiger partial charge is 0.269 e. The van der Waals surface area contributed by atoms with E-state index in [0.29, 0.717) is 18.7 Å². The molecule has 0 aliphatic rings. The molecule has 0 fully saturated rings.